The first-order valence-electron chi connectivity index (χ1n) is 5.06. The molecule has 4 N–H and O–H groups in total. The number of carbonyl (C=O) groups excluding carboxylic acids is 1. The van der Waals surface area contributed by atoms with Crippen molar-refractivity contribution in [3.63, 3.8) is 0 Å². The van der Waals surface area contributed by atoms with Crippen LogP contribution in [0.4, 0.5) is 4.79 Å². The number of nitrogens with two attached hydrogens (primary N) is 1. The molecule has 2 amide bonds. The Hall–Kier alpha value is -0.770. The summed E-state index contributed by atoms with van der Waals surface area (Å²) in [6.07, 6.45) is 4.69. The molecule has 1 unspecified atom stereocenters. The molecule has 4 nitrogen and oxygen atoms in total. The number of hydrogen-bond donors (Lipinski definition) is 3. The molecule has 0 heterocycles. The quantitative estimate of drug-likeness (QED) is 0.582. The third-order valence-corrected chi connectivity index (χ3v) is 2.67. The van der Waals surface area contributed by atoms with E-state index in [-0.39, 0.29) is 12.1 Å². The van der Waals surface area contributed by atoms with Gasteiger partial charge >= 0.3 is 6.03 Å². The molecule has 0 aromatic heterocycles. The first kappa shape index (κ1) is 8.81. The molecule has 0 aromatic rings. The van der Waals surface area contributed by atoms with Crippen LogP contribution in [0.2, 0.25) is 0 Å². The number of amides is 2. The van der Waals surface area contributed by atoms with Gasteiger partial charge in [0.05, 0.1) is 0 Å². The maximum Gasteiger partial charge on any atom is 0.315 e. The van der Waals surface area contributed by atoms with E-state index >= 15 is 0 Å². The van der Waals surface area contributed by atoms with Crippen LogP contribution in [0.3, 0.4) is 0 Å². The van der Waals surface area contributed by atoms with Gasteiger partial charge in [0.15, 0.2) is 0 Å². The van der Waals surface area contributed by atoms with Crippen LogP contribution >= 0.6 is 0 Å². The molecule has 13 heavy (non-hydrogen) atoms. The van der Waals surface area contributed by atoms with Gasteiger partial charge in [0.1, 0.15) is 0 Å². The normalized spacial score (nSPS) is 23.8. The van der Waals surface area contributed by atoms with Gasteiger partial charge in [-0.1, -0.05) is 0 Å². The van der Waals surface area contributed by atoms with Crippen molar-refractivity contribution in [2.24, 2.45) is 11.7 Å². The van der Waals surface area contributed by atoms with Crippen molar-refractivity contribution in [3.8, 4) is 0 Å². The van der Waals surface area contributed by atoms with Crippen LogP contribution in [0.5, 0.6) is 0 Å². The minimum Gasteiger partial charge on any atom is -0.335 e. The van der Waals surface area contributed by atoms with E-state index in [0.29, 0.717) is 18.5 Å². The molecule has 0 saturated heterocycles. The highest BCUT2D eigenvalue weighted by Crippen LogP contribution is 2.32. The fourth-order valence-corrected chi connectivity index (χ4v) is 1.49. The maximum absolute atomic E-state index is 11.3. The molecule has 74 valence electrons. The van der Waals surface area contributed by atoms with E-state index in [2.05, 4.69) is 10.6 Å². The summed E-state index contributed by atoms with van der Waals surface area (Å²) in [6.45, 7) is 0.558. The number of hydrogen-bond acceptors (Lipinski definition) is 2. The predicted octanol–water partition coefficient (Wildman–Crippen LogP) is 0.185. The van der Waals surface area contributed by atoms with Crippen LogP contribution in [0.25, 0.3) is 0 Å². The number of carbonyl (C=O) groups is 1. The lowest BCUT2D eigenvalue weighted by molar-refractivity contribution is 0.235. The summed E-state index contributed by atoms with van der Waals surface area (Å²) in [4.78, 5) is 11.3. The van der Waals surface area contributed by atoms with Crippen molar-refractivity contribution >= 4 is 6.03 Å². The highest BCUT2D eigenvalue weighted by molar-refractivity contribution is 5.75. The van der Waals surface area contributed by atoms with Crippen molar-refractivity contribution in [3.05, 3.63) is 0 Å². The zero-order valence-corrected chi connectivity index (χ0v) is 7.75. The van der Waals surface area contributed by atoms with Gasteiger partial charge in [-0.05, 0) is 31.6 Å². The van der Waals surface area contributed by atoms with E-state index in [1.54, 1.807) is 0 Å². The van der Waals surface area contributed by atoms with E-state index in [9.17, 15) is 4.79 Å². The maximum atomic E-state index is 11.3. The van der Waals surface area contributed by atoms with Crippen molar-refractivity contribution in [1.29, 1.82) is 0 Å². The summed E-state index contributed by atoms with van der Waals surface area (Å²) >= 11 is 0. The van der Waals surface area contributed by atoms with Crippen molar-refractivity contribution in [2.45, 2.75) is 37.8 Å². The summed E-state index contributed by atoms with van der Waals surface area (Å²) in [7, 11) is 0. The summed E-state index contributed by atoms with van der Waals surface area (Å²) in [5.74, 6) is 0.634. The Kier molecular flexibility index (Phi) is 2.40. The molecule has 2 rings (SSSR count). The van der Waals surface area contributed by atoms with Gasteiger partial charge in [-0.3, -0.25) is 0 Å². The third-order valence-electron chi connectivity index (χ3n) is 2.67. The summed E-state index contributed by atoms with van der Waals surface area (Å²) in [6, 6.07) is 0.584. The van der Waals surface area contributed by atoms with E-state index in [1.807, 2.05) is 0 Å². The smallest absolute Gasteiger partial charge is 0.315 e. The zero-order chi connectivity index (χ0) is 9.26. The zero-order valence-electron chi connectivity index (χ0n) is 7.75. The van der Waals surface area contributed by atoms with Gasteiger partial charge in [0.2, 0.25) is 0 Å². The Morgan fingerprint density at radius 1 is 1.38 bits per heavy atom. The van der Waals surface area contributed by atoms with Crippen molar-refractivity contribution in [1.82, 2.24) is 10.6 Å². The largest absolute Gasteiger partial charge is 0.335 e. The van der Waals surface area contributed by atoms with Gasteiger partial charge in [-0.2, -0.15) is 0 Å². The van der Waals surface area contributed by atoms with Gasteiger partial charge in [0, 0.05) is 18.6 Å². The lowest BCUT2D eigenvalue weighted by Gasteiger charge is -2.16. The minimum absolute atomic E-state index is 0.0372. The van der Waals surface area contributed by atoms with Gasteiger partial charge in [-0.15, -0.1) is 0 Å². The Labute approximate surface area is 78.2 Å². The topological polar surface area (TPSA) is 67.1 Å². The molecule has 2 aliphatic rings. The molecule has 0 aromatic carbocycles. The number of rotatable bonds is 4. The Morgan fingerprint density at radius 2 is 2.08 bits per heavy atom. The van der Waals surface area contributed by atoms with Crippen LogP contribution in [0.15, 0.2) is 0 Å². The molecule has 0 aliphatic heterocycles. The third kappa shape index (κ3) is 2.59. The molecule has 0 bridgehead atoms. The molecular weight excluding hydrogens is 166 g/mol. The number of urea groups is 1. The van der Waals surface area contributed by atoms with Crippen LogP contribution in [0.1, 0.15) is 25.7 Å². The Bertz CT molecular complexity index is 199. The molecule has 1 atom stereocenters. The average Bonchev–Trinajstić information content (AvgIpc) is 2.91. The SMILES string of the molecule is NCC(NC(=O)NC1CC1)C1CC1. The molecule has 2 aliphatic carbocycles. The van der Waals surface area contributed by atoms with Crippen LogP contribution in [-0.4, -0.2) is 24.7 Å². The molecule has 2 saturated carbocycles. The van der Waals surface area contributed by atoms with E-state index in [0.717, 1.165) is 12.8 Å². The first-order chi connectivity index (χ1) is 6.29. The lowest BCUT2D eigenvalue weighted by atomic mass is 10.2. The van der Waals surface area contributed by atoms with Gasteiger partial charge in [-0.25, -0.2) is 4.79 Å². The van der Waals surface area contributed by atoms with Crippen LogP contribution in [-0.2, 0) is 0 Å². The fraction of sp³-hybridized carbons (Fsp3) is 0.889. The summed E-state index contributed by atoms with van der Waals surface area (Å²) < 4.78 is 0. The standard InChI is InChI=1S/C9H17N3O/c10-5-8(6-1-2-6)12-9(13)11-7-3-4-7/h6-8H,1-5,10H2,(H2,11,12,13). The van der Waals surface area contributed by atoms with Crippen molar-refractivity contribution in [2.75, 3.05) is 6.54 Å². The van der Waals surface area contributed by atoms with Gasteiger partial charge in [0.25, 0.3) is 0 Å². The lowest BCUT2D eigenvalue weighted by Crippen LogP contribution is -2.47. The second-order valence-corrected chi connectivity index (χ2v) is 4.07. The summed E-state index contributed by atoms with van der Waals surface area (Å²) in [5, 5.41) is 5.82. The van der Waals surface area contributed by atoms with Gasteiger partial charge < -0.3 is 16.4 Å². The Morgan fingerprint density at radius 3 is 2.54 bits per heavy atom. The van der Waals surface area contributed by atoms with E-state index in [4.69, 9.17) is 5.73 Å². The highest BCUT2D eigenvalue weighted by Gasteiger charge is 2.32. The molecule has 2 fully saturated rings. The van der Waals surface area contributed by atoms with E-state index < -0.39 is 0 Å². The minimum atomic E-state index is -0.0372. The highest BCUT2D eigenvalue weighted by atomic mass is 16.2. The van der Waals surface area contributed by atoms with Crippen LogP contribution in [0, 0.1) is 5.92 Å². The van der Waals surface area contributed by atoms with Crippen molar-refractivity contribution < 1.29 is 4.79 Å². The average molecular weight is 183 g/mol. The summed E-state index contributed by atoms with van der Waals surface area (Å²) in [5.41, 5.74) is 5.57. The monoisotopic (exact) mass is 183 g/mol. The molecule has 4 heteroatoms. The van der Waals surface area contributed by atoms with E-state index in [1.165, 1.54) is 12.8 Å². The van der Waals surface area contributed by atoms with Crippen LogP contribution < -0.4 is 16.4 Å². The molecule has 0 radical (unpaired) electrons. The second kappa shape index (κ2) is 3.54. The first-order valence-corrected chi connectivity index (χ1v) is 5.06. The Balaban J connectivity index is 1.70. The second-order valence-electron chi connectivity index (χ2n) is 4.07. The molecule has 0 spiro atoms. The predicted molar refractivity (Wildman–Crippen MR) is 50.3 cm³/mol. The number of nitrogens with one attached hydrogen (secondary N) is 2. The fourth-order valence-electron chi connectivity index (χ4n) is 1.49. The molecular formula is C9H17N3O.